The number of hydrogen-bond acceptors (Lipinski definition) is 5. The molecule has 3 aromatic rings. The van der Waals surface area contributed by atoms with Crippen molar-refractivity contribution < 1.29 is 17.9 Å². The number of anilines is 1. The number of halogens is 1. The minimum Gasteiger partial charge on any atom is -0.494 e. The van der Waals surface area contributed by atoms with Gasteiger partial charge in [0.15, 0.2) is 0 Å². The number of nitrogens with one attached hydrogen (secondary N) is 1. The van der Waals surface area contributed by atoms with E-state index in [1.807, 2.05) is 25.1 Å². The number of nitrogens with zero attached hydrogens (tertiary/aromatic N) is 2. The Balaban J connectivity index is 1.52. The molecule has 0 atom stereocenters. The van der Waals surface area contributed by atoms with E-state index in [0.29, 0.717) is 24.6 Å². The van der Waals surface area contributed by atoms with Crippen molar-refractivity contribution >= 4 is 37.5 Å². The molecule has 1 aliphatic heterocycles. The number of amides is 1. The third kappa shape index (κ3) is 7.12. The number of carbonyl (C=O) groups excluding carboxylic acids is 1. The van der Waals surface area contributed by atoms with Gasteiger partial charge in [-0.3, -0.25) is 14.0 Å². The summed E-state index contributed by atoms with van der Waals surface area (Å²) in [6, 6.07) is 21.2. The summed E-state index contributed by atoms with van der Waals surface area (Å²) in [6.07, 6.45) is 2.43. The van der Waals surface area contributed by atoms with Crippen LogP contribution < -0.4 is 14.4 Å². The fourth-order valence-corrected chi connectivity index (χ4v) is 6.06. The highest BCUT2D eigenvalue weighted by atomic mass is 79.9. The van der Waals surface area contributed by atoms with Crippen LogP contribution in [0, 0.1) is 0 Å². The molecule has 3 aromatic carbocycles. The van der Waals surface area contributed by atoms with Gasteiger partial charge in [-0.1, -0.05) is 40.2 Å². The van der Waals surface area contributed by atoms with Crippen molar-refractivity contribution in [3.8, 4) is 5.75 Å². The van der Waals surface area contributed by atoms with E-state index in [2.05, 4.69) is 32.2 Å². The van der Waals surface area contributed by atoms with Gasteiger partial charge in [-0.25, -0.2) is 8.42 Å². The Hall–Kier alpha value is -2.88. The SMILES string of the molecule is CCOc1ccc(N(CC(=O)NCc2ccccc2CN2CCCC2)S(=O)(=O)c2ccc(Br)cc2)cc1. The lowest BCUT2D eigenvalue weighted by molar-refractivity contribution is -0.119. The second-order valence-corrected chi connectivity index (χ2v) is 11.7. The highest BCUT2D eigenvalue weighted by Crippen LogP contribution is 2.27. The van der Waals surface area contributed by atoms with Crippen LogP contribution in [-0.2, 0) is 27.9 Å². The molecule has 0 radical (unpaired) electrons. The zero-order valence-electron chi connectivity index (χ0n) is 20.9. The van der Waals surface area contributed by atoms with Crippen LogP contribution >= 0.6 is 15.9 Å². The Kier molecular flexibility index (Phi) is 9.23. The van der Waals surface area contributed by atoms with Crippen molar-refractivity contribution in [3.63, 3.8) is 0 Å². The fraction of sp³-hybridized carbons (Fsp3) is 0.321. The van der Waals surface area contributed by atoms with Gasteiger partial charge in [-0.2, -0.15) is 0 Å². The third-order valence-corrected chi connectivity index (χ3v) is 8.63. The molecule has 0 bridgehead atoms. The highest BCUT2D eigenvalue weighted by molar-refractivity contribution is 9.10. The van der Waals surface area contributed by atoms with E-state index in [1.165, 1.54) is 30.5 Å². The summed E-state index contributed by atoms with van der Waals surface area (Å²) in [7, 11) is -3.99. The second kappa shape index (κ2) is 12.6. The smallest absolute Gasteiger partial charge is 0.264 e. The Bertz CT molecular complexity index is 1290. The van der Waals surface area contributed by atoms with Crippen LogP contribution in [0.15, 0.2) is 82.2 Å². The van der Waals surface area contributed by atoms with E-state index in [4.69, 9.17) is 4.74 Å². The van der Waals surface area contributed by atoms with E-state index in [0.717, 1.165) is 34.0 Å². The molecule has 0 unspecified atom stereocenters. The summed E-state index contributed by atoms with van der Waals surface area (Å²) < 4.78 is 34.6. The maximum absolute atomic E-state index is 13.6. The van der Waals surface area contributed by atoms with Gasteiger partial charge in [-0.05, 0) is 92.5 Å². The molecule has 0 spiro atoms. The normalized spacial score (nSPS) is 13.9. The summed E-state index contributed by atoms with van der Waals surface area (Å²) in [5.41, 5.74) is 2.60. The lowest BCUT2D eigenvalue weighted by atomic mass is 10.1. The number of rotatable bonds is 11. The molecule has 7 nitrogen and oxygen atoms in total. The van der Waals surface area contributed by atoms with Gasteiger partial charge >= 0.3 is 0 Å². The molecule has 9 heteroatoms. The summed E-state index contributed by atoms with van der Waals surface area (Å²) in [5, 5.41) is 2.93. The quantitative estimate of drug-likeness (QED) is 0.344. The molecule has 1 heterocycles. The topological polar surface area (TPSA) is 79.0 Å². The lowest BCUT2D eigenvalue weighted by Gasteiger charge is -2.24. The number of likely N-dealkylation sites (tertiary alicyclic amines) is 1. The van der Waals surface area contributed by atoms with Crippen molar-refractivity contribution in [1.29, 1.82) is 0 Å². The molecule has 0 saturated carbocycles. The van der Waals surface area contributed by atoms with Crippen molar-refractivity contribution in [1.82, 2.24) is 10.2 Å². The molecule has 1 saturated heterocycles. The van der Waals surface area contributed by atoms with Crippen LogP contribution in [0.1, 0.15) is 30.9 Å². The summed E-state index contributed by atoms with van der Waals surface area (Å²) in [4.78, 5) is 15.6. The van der Waals surface area contributed by atoms with Crippen LogP contribution in [0.3, 0.4) is 0 Å². The first-order valence-electron chi connectivity index (χ1n) is 12.4. The van der Waals surface area contributed by atoms with Gasteiger partial charge in [0.2, 0.25) is 5.91 Å². The molecule has 4 rings (SSSR count). The van der Waals surface area contributed by atoms with Gasteiger partial charge in [0.25, 0.3) is 10.0 Å². The van der Waals surface area contributed by atoms with Crippen LogP contribution in [0.5, 0.6) is 5.75 Å². The molecular formula is C28H32BrN3O4S. The summed E-state index contributed by atoms with van der Waals surface area (Å²) in [5.74, 6) is 0.247. The van der Waals surface area contributed by atoms with Crippen LogP contribution in [0.25, 0.3) is 0 Å². The number of ether oxygens (including phenoxy) is 1. The van der Waals surface area contributed by atoms with Crippen molar-refractivity contribution in [2.75, 3.05) is 30.5 Å². The van der Waals surface area contributed by atoms with Crippen LogP contribution in [0.2, 0.25) is 0 Å². The van der Waals surface area contributed by atoms with Gasteiger partial charge in [0.1, 0.15) is 12.3 Å². The fourth-order valence-electron chi connectivity index (χ4n) is 4.37. The predicted octanol–water partition coefficient (Wildman–Crippen LogP) is 4.96. The first-order valence-corrected chi connectivity index (χ1v) is 14.7. The average molecular weight is 587 g/mol. The molecule has 0 aromatic heterocycles. The number of hydrogen-bond donors (Lipinski definition) is 1. The van der Waals surface area contributed by atoms with Gasteiger partial charge in [0.05, 0.1) is 17.2 Å². The van der Waals surface area contributed by atoms with E-state index in [9.17, 15) is 13.2 Å². The summed E-state index contributed by atoms with van der Waals surface area (Å²) >= 11 is 3.34. The molecular weight excluding hydrogens is 554 g/mol. The monoisotopic (exact) mass is 585 g/mol. The van der Waals surface area contributed by atoms with E-state index in [-0.39, 0.29) is 17.3 Å². The maximum atomic E-state index is 13.6. The first-order chi connectivity index (χ1) is 17.9. The Morgan fingerprint density at radius 3 is 2.27 bits per heavy atom. The number of benzene rings is 3. The predicted molar refractivity (Wildman–Crippen MR) is 149 cm³/mol. The molecule has 0 aliphatic carbocycles. The largest absolute Gasteiger partial charge is 0.494 e. The Morgan fingerprint density at radius 1 is 0.973 bits per heavy atom. The van der Waals surface area contributed by atoms with Crippen molar-refractivity contribution in [3.05, 3.63) is 88.4 Å². The summed E-state index contributed by atoms with van der Waals surface area (Å²) in [6.45, 7) is 5.40. The Morgan fingerprint density at radius 2 is 1.62 bits per heavy atom. The second-order valence-electron chi connectivity index (χ2n) is 8.92. The van der Waals surface area contributed by atoms with E-state index < -0.39 is 10.0 Å². The molecule has 196 valence electrons. The average Bonchev–Trinajstić information content (AvgIpc) is 3.41. The third-order valence-electron chi connectivity index (χ3n) is 6.31. The first kappa shape index (κ1) is 27.2. The minimum absolute atomic E-state index is 0.105. The zero-order valence-corrected chi connectivity index (χ0v) is 23.3. The number of sulfonamides is 1. The van der Waals surface area contributed by atoms with Crippen LogP contribution in [-0.4, -0.2) is 45.5 Å². The molecule has 37 heavy (non-hydrogen) atoms. The molecule has 1 fully saturated rings. The lowest BCUT2D eigenvalue weighted by Crippen LogP contribution is -2.40. The van der Waals surface area contributed by atoms with Gasteiger partial charge in [0, 0.05) is 17.6 Å². The van der Waals surface area contributed by atoms with E-state index >= 15 is 0 Å². The zero-order chi connectivity index (χ0) is 26.3. The van der Waals surface area contributed by atoms with Gasteiger partial charge < -0.3 is 10.1 Å². The van der Waals surface area contributed by atoms with Gasteiger partial charge in [-0.15, -0.1) is 0 Å². The molecule has 1 amide bonds. The standard InChI is InChI=1S/C28H32BrN3O4S/c1-2-36-26-13-11-25(12-14-26)32(37(34,35)27-15-9-24(29)10-16-27)21-28(33)30-19-22-7-3-4-8-23(22)20-31-17-5-6-18-31/h3-4,7-16H,2,5-6,17-21H2,1H3,(H,30,33). The van der Waals surface area contributed by atoms with Crippen molar-refractivity contribution in [2.45, 2.75) is 37.8 Å². The minimum atomic E-state index is -3.99. The Labute approximate surface area is 227 Å². The number of carbonyl (C=O) groups is 1. The van der Waals surface area contributed by atoms with Crippen molar-refractivity contribution in [2.24, 2.45) is 0 Å². The maximum Gasteiger partial charge on any atom is 0.264 e. The molecule has 1 N–H and O–H groups in total. The van der Waals surface area contributed by atoms with Crippen LogP contribution in [0.4, 0.5) is 5.69 Å². The van der Waals surface area contributed by atoms with E-state index in [1.54, 1.807) is 36.4 Å². The molecule has 1 aliphatic rings. The highest BCUT2D eigenvalue weighted by Gasteiger charge is 2.27.